The van der Waals surface area contributed by atoms with Gasteiger partial charge in [0.05, 0.1) is 0 Å². The molecule has 1 aromatic heterocycles. The third kappa shape index (κ3) is 4.38. The van der Waals surface area contributed by atoms with E-state index in [1.165, 1.54) is 18.3 Å². The van der Waals surface area contributed by atoms with Crippen molar-refractivity contribution in [1.82, 2.24) is 15.2 Å². The van der Waals surface area contributed by atoms with Crippen molar-refractivity contribution < 1.29 is 14.4 Å². The van der Waals surface area contributed by atoms with E-state index >= 15 is 0 Å². The van der Waals surface area contributed by atoms with Crippen molar-refractivity contribution in [2.45, 2.75) is 19.4 Å². The molecular weight excluding hydrogens is 296 g/mol. The molecule has 0 spiro atoms. The van der Waals surface area contributed by atoms with Gasteiger partial charge in [-0.3, -0.25) is 19.4 Å². The molecule has 1 fully saturated rings. The van der Waals surface area contributed by atoms with Crippen LogP contribution in [-0.4, -0.2) is 40.7 Å². The van der Waals surface area contributed by atoms with Crippen LogP contribution in [0.1, 0.15) is 28.9 Å². The van der Waals surface area contributed by atoms with Gasteiger partial charge >= 0.3 is 0 Å². The summed E-state index contributed by atoms with van der Waals surface area (Å²) in [5.74, 6) is -0.803. The van der Waals surface area contributed by atoms with Crippen LogP contribution in [0.4, 0.5) is 0 Å². The van der Waals surface area contributed by atoms with Gasteiger partial charge in [0.15, 0.2) is 0 Å². The van der Waals surface area contributed by atoms with Crippen LogP contribution in [0.3, 0.4) is 0 Å². The Morgan fingerprint density at radius 2 is 2.04 bits per heavy atom. The van der Waals surface area contributed by atoms with Crippen molar-refractivity contribution in [2.75, 3.05) is 13.1 Å². The Labute approximate surface area is 134 Å². The van der Waals surface area contributed by atoms with E-state index < -0.39 is 5.91 Å². The molecule has 0 aromatic carbocycles. The van der Waals surface area contributed by atoms with Gasteiger partial charge in [-0.1, -0.05) is 12.6 Å². The van der Waals surface area contributed by atoms with Crippen molar-refractivity contribution in [1.29, 1.82) is 0 Å². The monoisotopic (exact) mass is 316 g/mol. The van der Waals surface area contributed by atoms with Crippen molar-refractivity contribution in [3.63, 3.8) is 0 Å². The minimum Gasteiger partial charge on any atom is -0.364 e. The number of nitrogens with one attached hydrogen (secondary N) is 1. The van der Waals surface area contributed by atoms with Crippen molar-refractivity contribution in [3.8, 4) is 0 Å². The molecular formula is C16H20N4O3. The summed E-state index contributed by atoms with van der Waals surface area (Å²) >= 11 is 0. The van der Waals surface area contributed by atoms with Crippen LogP contribution in [0.5, 0.6) is 0 Å². The summed E-state index contributed by atoms with van der Waals surface area (Å²) < 4.78 is 0. The number of amides is 3. The SMILES string of the molecule is C=CC(=O)N1CCC(C(=O)NCc2ccc(C(N)=O)nc2)CC1. The zero-order valence-corrected chi connectivity index (χ0v) is 12.8. The zero-order chi connectivity index (χ0) is 16.8. The van der Waals surface area contributed by atoms with E-state index in [-0.39, 0.29) is 23.4 Å². The fourth-order valence-electron chi connectivity index (χ4n) is 2.50. The summed E-state index contributed by atoms with van der Waals surface area (Å²) in [6.07, 6.45) is 4.10. The number of hydrogen-bond donors (Lipinski definition) is 2. The minimum atomic E-state index is -0.582. The highest BCUT2D eigenvalue weighted by Gasteiger charge is 2.26. The maximum atomic E-state index is 12.2. The van der Waals surface area contributed by atoms with Gasteiger partial charge in [0.2, 0.25) is 11.8 Å². The highest BCUT2D eigenvalue weighted by molar-refractivity contribution is 5.90. The van der Waals surface area contributed by atoms with Crippen LogP contribution in [0.15, 0.2) is 31.0 Å². The largest absolute Gasteiger partial charge is 0.364 e. The van der Waals surface area contributed by atoms with Gasteiger partial charge in [-0.25, -0.2) is 0 Å². The quantitative estimate of drug-likeness (QED) is 0.758. The Morgan fingerprint density at radius 3 is 2.57 bits per heavy atom. The summed E-state index contributed by atoms with van der Waals surface area (Å²) in [4.78, 5) is 40.2. The maximum Gasteiger partial charge on any atom is 0.267 e. The second-order valence-corrected chi connectivity index (χ2v) is 5.44. The summed E-state index contributed by atoms with van der Waals surface area (Å²) in [6.45, 7) is 4.94. The van der Waals surface area contributed by atoms with Crippen molar-refractivity contribution >= 4 is 17.7 Å². The number of carbonyl (C=O) groups is 3. The smallest absolute Gasteiger partial charge is 0.267 e. The number of aromatic nitrogens is 1. The van der Waals surface area contributed by atoms with Gasteiger partial charge in [0, 0.05) is 31.7 Å². The predicted octanol–water partition coefficient (Wildman–Crippen LogP) is 0.221. The topological polar surface area (TPSA) is 105 Å². The molecule has 0 unspecified atom stereocenters. The van der Waals surface area contributed by atoms with Gasteiger partial charge in [-0.2, -0.15) is 0 Å². The number of pyridine rings is 1. The van der Waals surface area contributed by atoms with Crippen LogP contribution in [0.2, 0.25) is 0 Å². The van der Waals surface area contributed by atoms with E-state index in [0.717, 1.165) is 5.56 Å². The summed E-state index contributed by atoms with van der Waals surface area (Å²) in [6, 6.07) is 3.24. The molecule has 2 rings (SSSR count). The van der Waals surface area contributed by atoms with Gasteiger partial charge in [-0.15, -0.1) is 0 Å². The van der Waals surface area contributed by atoms with E-state index in [1.54, 1.807) is 11.0 Å². The molecule has 1 aromatic rings. The van der Waals surface area contributed by atoms with E-state index in [2.05, 4.69) is 16.9 Å². The van der Waals surface area contributed by atoms with Gasteiger partial charge in [0.25, 0.3) is 5.91 Å². The number of hydrogen-bond acceptors (Lipinski definition) is 4. The summed E-state index contributed by atoms with van der Waals surface area (Å²) in [5.41, 5.74) is 6.11. The molecule has 0 radical (unpaired) electrons. The van der Waals surface area contributed by atoms with Crippen LogP contribution in [0, 0.1) is 5.92 Å². The first-order valence-electron chi connectivity index (χ1n) is 7.45. The lowest BCUT2D eigenvalue weighted by Crippen LogP contribution is -2.42. The van der Waals surface area contributed by atoms with Crippen molar-refractivity contribution in [3.05, 3.63) is 42.2 Å². The lowest BCUT2D eigenvalue weighted by atomic mass is 9.96. The molecule has 0 aliphatic carbocycles. The first kappa shape index (κ1) is 16.7. The molecule has 0 bridgehead atoms. The van der Waals surface area contributed by atoms with E-state index in [0.29, 0.717) is 32.5 Å². The molecule has 23 heavy (non-hydrogen) atoms. The highest BCUT2D eigenvalue weighted by Crippen LogP contribution is 2.17. The number of nitrogens with zero attached hydrogens (tertiary/aromatic N) is 2. The highest BCUT2D eigenvalue weighted by atomic mass is 16.2. The van der Waals surface area contributed by atoms with Gasteiger partial charge < -0.3 is 16.0 Å². The van der Waals surface area contributed by atoms with E-state index in [9.17, 15) is 14.4 Å². The Balaban J connectivity index is 1.80. The Bertz CT molecular complexity index is 604. The number of likely N-dealkylation sites (tertiary alicyclic amines) is 1. The third-order valence-corrected chi connectivity index (χ3v) is 3.90. The fourth-order valence-corrected chi connectivity index (χ4v) is 2.50. The molecule has 1 saturated heterocycles. The normalized spacial score (nSPS) is 15.0. The average molecular weight is 316 g/mol. The first-order valence-corrected chi connectivity index (χ1v) is 7.45. The standard InChI is InChI=1S/C16H20N4O3/c1-2-14(21)20-7-5-12(6-8-20)16(23)19-10-11-3-4-13(15(17)22)18-9-11/h2-4,9,12H,1,5-8,10H2,(H2,17,22)(H,19,23). The third-order valence-electron chi connectivity index (χ3n) is 3.90. The molecule has 7 heteroatoms. The number of nitrogens with two attached hydrogens (primary N) is 1. The predicted molar refractivity (Wildman–Crippen MR) is 84.1 cm³/mol. The van der Waals surface area contributed by atoms with Crippen LogP contribution in [0.25, 0.3) is 0 Å². The van der Waals surface area contributed by atoms with Crippen LogP contribution in [-0.2, 0) is 16.1 Å². The second kappa shape index (κ2) is 7.53. The Morgan fingerprint density at radius 1 is 1.35 bits per heavy atom. The number of carbonyl (C=O) groups excluding carboxylic acids is 3. The number of rotatable bonds is 5. The summed E-state index contributed by atoms with van der Waals surface area (Å²) in [7, 11) is 0. The maximum absolute atomic E-state index is 12.2. The lowest BCUT2D eigenvalue weighted by Gasteiger charge is -2.30. The van der Waals surface area contributed by atoms with Gasteiger partial charge in [0.1, 0.15) is 5.69 Å². The molecule has 3 amide bonds. The molecule has 1 aliphatic heterocycles. The zero-order valence-electron chi connectivity index (χ0n) is 12.8. The second-order valence-electron chi connectivity index (χ2n) is 5.44. The number of primary amides is 1. The summed E-state index contributed by atoms with van der Waals surface area (Å²) in [5, 5.41) is 2.86. The van der Waals surface area contributed by atoms with Crippen LogP contribution >= 0.6 is 0 Å². The Kier molecular flexibility index (Phi) is 5.46. The fraction of sp³-hybridized carbons (Fsp3) is 0.375. The Hall–Kier alpha value is -2.70. The molecule has 0 saturated carbocycles. The van der Waals surface area contributed by atoms with E-state index in [1.807, 2.05) is 0 Å². The van der Waals surface area contributed by atoms with E-state index in [4.69, 9.17) is 5.73 Å². The van der Waals surface area contributed by atoms with Crippen LogP contribution < -0.4 is 11.1 Å². The van der Waals surface area contributed by atoms with Crippen molar-refractivity contribution in [2.24, 2.45) is 11.7 Å². The molecule has 7 nitrogen and oxygen atoms in total. The molecule has 3 N–H and O–H groups in total. The molecule has 122 valence electrons. The molecule has 1 aliphatic rings. The molecule has 2 heterocycles. The first-order chi connectivity index (χ1) is 11.0. The van der Waals surface area contributed by atoms with Gasteiger partial charge in [-0.05, 0) is 30.5 Å². The molecule has 0 atom stereocenters. The minimum absolute atomic E-state index is 0.0327. The number of piperidine rings is 1. The lowest BCUT2D eigenvalue weighted by molar-refractivity contribution is -0.132. The average Bonchev–Trinajstić information content (AvgIpc) is 2.59.